The van der Waals surface area contributed by atoms with Crippen LogP contribution in [0, 0.1) is 5.92 Å². The summed E-state index contributed by atoms with van der Waals surface area (Å²) < 4.78 is 0. The molecular weight excluding hydrogens is 260 g/mol. The fourth-order valence-corrected chi connectivity index (χ4v) is 3.00. The summed E-state index contributed by atoms with van der Waals surface area (Å²) in [5.41, 5.74) is 6.62. The van der Waals surface area contributed by atoms with Gasteiger partial charge in [-0.15, -0.1) is 0 Å². The van der Waals surface area contributed by atoms with Gasteiger partial charge in [-0.1, -0.05) is 49.8 Å². The van der Waals surface area contributed by atoms with Crippen LogP contribution < -0.4 is 11.1 Å². The van der Waals surface area contributed by atoms with Gasteiger partial charge in [0.25, 0.3) is 5.91 Å². The molecule has 1 aromatic carbocycles. The van der Waals surface area contributed by atoms with Gasteiger partial charge in [0.05, 0.1) is 10.6 Å². The Morgan fingerprint density at radius 3 is 2.74 bits per heavy atom. The van der Waals surface area contributed by atoms with Crippen LogP contribution in [-0.2, 0) is 0 Å². The van der Waals surface area contributed by atoms with Gasteiger partial charge in [-0.05, 0) is 24.5 Å². The second-order valence-corrected chi connectivity index (χ2v) is 5.66. The van der Waals surface area contributed by atoms with E-state index in [1.54, 1.807) is 18.2 Å². The molecule has 1 fully saturated rings. The number of hydrogen-bond acceptors (Lipinski definition) is 2. The van der Waals surface area contributed by atoms with Gasteiger partial charge in [0.1, 0.15) is 0 Å². The van der Waals surface area contributed by atoms with E-state index in [4.69, 9.17) is 17.3 Å². The zero-order chi connectivity index (χ0) is 13.7. The molecule has 0 radical (unpaired) electrons. The number of anilines is 1. The summed E-state index contributed by atoms with van der Waals surface area (Å²) in [6.07, 6.45) is 7.66. The average molecular weight is 281 g/mol. The fraction of sp³-hybridized carbons (Fsp3) is 0.533. The Bertz CT molecular complexity index is 422. The van der Waals surface area contributed by atoms with Crippen molar-refractivity contribution in [1.29, 1.82) is 0 Å². The average Bonchev–Trinajstić information content (AvgIpc) is 2.40. The Labute approximate surface area is 119 Å². The van der Waals surface area contributed by atoms with Crippen molar-refractivity contribution in [2.24, 2.45) is 5.92 Å². The molecule has 1 aromatic rings. The number of nitrogens with one attached hydrogen (secondary N) is 1. The standard InChI is InChI=1S/C15H21ClN2O/c16-12-7-4-8-13(17)14(12)15(19)18-10-9-11-5-2-1-3-6-11/h4,7-8,11H,1-3,5-6,9-10,17H2,(H,18,19). The number of nitrogen functional groups attached to an aromatic ring is 1. The van der Waals surface area contributed by atoms with E-state index in [1.807, 2.05) is 0 Å². The van der Waals surface area contributed by atoms with E-state index in [9.17, 15) is 4.79 Å². The third kappa shape index (κ3) is 3.87. The Morgan fingerprint density at radius 1 is 1.32 bits per heavy atom. The van der Waals surface area contributed by atoms with Crippen LogP contribution in [0.25, 0.3) is 0 Å². The second-order valence-electron chi connectivity index (χ2n) is 5.25. The zero-order valence-electron chi connectivity index (χ0n) is 11.1. The molecule has 0 aromatic heterocycles. The summed E-state index contributed by atoms with van der Waals surface area (Å²) >= 11 is 6.01. The zero-order valence-corrected chi connectivity index (χ0v) is 11.9. The van der Waals surface area contributed by atoms with Crippen molar-refractivity contribution in [3.63, 3.8) is 0 Å². The molecule has 2 rings (SSSR count). The minimum Gasteiger partial charge on any atom is -0.398 e. The molecular formula is C15H21ClN2O. The van der Waals surface area contributed by atoms with Crippen LogP contribution in [0.15, 0.2) is 18.2 Å². The molecule has 0 saturated heterocycles. The van der Waals surface area contributed by atoms with Crippen LogP contribution in [0.2, 0.25) is 5.02 Å². The number of benzene rings is 1. The number of hydrogen-bond donors (Lipinski definition) is 2. The highest BCUT2D eigenvalue weighted by Gasteiger charge is 2.16. The maximum Gasteiger partial charge on any atom is 0.254 e. The van der Waals surface area contributed by atoms with E-state index in [-0.39, 0.29) is 5.91 Å². The Hall–Kier alpha value is -1.22. The maximum atomic E-state index is 12.1. The van der Waals surface area contributed by atoms with Gasteiger partial charge in [0, 0.05) is 12.2 Å². The van der Waals surface area contributed by atoms with Gasteiger partial charge < -0.3 is 11.1 Å². The molecule has 1 amide bonds. The molecule has 3 nitrogen and oxygen atoms in total. The van der Waals surface area contributed by atoms with Crippen LogP contribution in [0.4, 0.5) is 5.69 Å². The van der Waals surface area contributed by atoms with Gasteiger partial charge >= 0.3 is 0 Å². The quantitative estimate of drug-likeness (QED) is 0.828. The summed E-state index contributed by atoms with van der Waals surface area (Å²) in [6.45, 7) is 0.703. The molecule has 0 bridgehead atoms. The Kier molecular flexibility index (Phi) is 5.08. The van der Waals surface area contributed by atoms with E-state index in [0.717, 1.165) is 12.3 Å². The van der Waals surface area contributed by atoms with Crippen LogP contribution in [0.3, 0.4) is 0 Å². The van der Waals surface area contributed by atoms with E-state index in [2.05, 4.69) is 5.32 Å². The highest BCUT2D eigenvalue weighted by molar-refractivity contribution is 6.34. The minimum atomic E-state index is -0.168. The lowest BCUT2D eigenvalue weighted by molar-refractivity contribution is 0.0951. The fourth-order valence-electron chi connectivity index (χ4n) is 2.73. The van der Waals surface area contributed by atoms with Crippen molar-refractivity contribution in [1.82, 2.24) is 5.32 Å². The monoisotopic (exact) mass is 280 g/mol. The third-order valence-corrected chi connectivity index (χ3v) is 4.15. The third-order valence-electron chi connectivity index (χ3n) is 3.84. The van der Waals surface area contributed by atoms with Gasteiger partial charge in [-0.25, -0.2) is 0 Å². The van der Waals surface area contributed by atoms with E-state index in [0.29, 0.717) is 22.8 Å². The molecule has 1 aliphatic rings. The summed E-state index contributed by atoms with van der Waals surface area (Å²) in [7, 11) is 0. The molecule has 4 heteroatoms. The normalized spacial score (nSPS) is 16.3. The summed E-state index contributed by atoms with van der Waals surface area (Å²) in [4.78, 5) is 12.1. The van der Waals surface area contributed by atoms with Crippen molar-refractivity contribution in [3.8, 4) is 0 Å². The predicted molar refractivity (Wildman–Crippen MR) is 79.4 cm³/mol. The molecule has 0 atom stereocenters. The van der Waals surface area contributed by atoms with Crippen LogP contribution >= 0.6 is 11.6 Å². The smallest absolute Gasteiger partial charge is 0.254 e. The maximum absolute atomic E-state index is 12.1. The first-order chi connectivity index (χ1) is 9.18. The lowest BCUT2D eigenvalue weighted by atomic mass is 9.87. The number of halogens is 1. The van der Waals surface area contributed by atoms with Crippen molar-refractivity contribution in [2.45, 2.75) is 38.5 Å². The molecule has 0 unspecified atom stereocenters. The first-order valence-corrected chi connectivity index (χ1v) is 7.38. The first-order valence-electron chi connectivity index (χ1n) is 7.00. The van der Waals surface area contributed by atoms with E-state index >= 15 is 0 Å². The second kappa shape index (κ2) is 6.80. The number of carbonyl (C=O) groups excluding carboxylic acids is 1. The highest BCUT2D eigenvalue weighted by atomic mass is 35.5. The van der Waals surface area contributed by atoms with Crippen LogP contribution in [0.5, 0.6) is 0 Å². The molecule has 0 spiro atoms. The minimum absolute atomic E-state index is 0.168. The Morgan fingerprint density at radius 2 is 2.05 bits per heavy atom. The molecule has 0 aliphatic heterocycles. The number of rotatable bonds is 4. The molecule has 1 saturated carbocycles. The number of carbonyl (C=O) groups is 1. The van der Waals surface area contributed by atoms with Crippen molar-refractivity contribution < 1.29 is 4.79 Å². The summed E-state index contributed by atoms with van der Waals surface area (Å²) in [5, 5.41) is 3.34. The summed E-state index contributed by atoms with van der Waals surface area (Å²) in [5.74, 6) is 0.594. The highest BCUT2D eigenvalue weighted by Crippen LogP contribution is 2.26. The van der Waals surface area contributed by atoms with Gasteiger partial charge in [0.15, 0.2) is 0 Å². The SMILES string of the molecule is Nc1cccc(Cl)c1C(=O)NCCC1CCCCC1. The van der Waals surface area contributed by atoms with Gasteiger partial charge in [-0.2, -0.15) is 0 Å². The van der Waals surface area contributed by atoms with Gasteiger partial charge in [0.2, 0.25) is 0 Å². The number of nitrogens with two attached hydrogens (primary N) is 1. The van der Waals surface area contributed by atoms with Gasteiger partial charge in [-0.3, -0.25) is 4.79 Å². The van der Waals surface area contributed by atoms with Crippen molar-refractivity contribution >= 4 is 23.2 Å². The van der Waals surface area contributed by atoms with E-state index < -0.39 is 0 Å². The first kappa shape index (κ1) is 14.2. The topological polar surface area (TPSA) is 55.1 Å². The molecule has 1 aliphatic carbocycles. The van der Waals surface area contributed by atoms with E-state index in [1.165, 1.54) is 32.1 Å². The molecule has 19 heavy (non-hydrogen) atoms. The van der Waals surface area contributed by atoms with Crippen LogP contribution in [-0.4, -0.2) is 12.5 Å². The molecule has 3 N–H and O–H groups in total. The van der Waals surface area contributed by atoms with Crippen molar-refractivity contribution in [3.05, 3.63) is 28.8 Å². The predicted octanol–water partition coefficient (Wildman–Crippen LogP) is 3.62. The molecule has 0 heterocycles. The Balaban J connectivity index is 1.84. The number of amides is 1. The lowest BCUT2D eigenvalue weighted by Gasteiger charge is -2.21. The van der Waals surface area contributed by atoms with Crippen LogP contribution in [0.1, 0.15) is 48.9 Å². The summed E-state index contributed by atoms with van der Waals surface area (Å²) in [6, 6.07) is 5.13. The lowest BCUT2D eigenvalue weighted by Crippen LogP contribution is -2.27. The molecule has 104 valence electrons. The largest absolute Gasteiger partial charge is 0.398 e. The van der Waals surface area contributed by atoms with Crippen molar-refractivity contribution in [2.75, 3.05) is 12.3 Å².